The first kappa shape index (κ1) is 13.4. The number of halogens is 2. The van der Waals surface area contributed by atoms with Crippen LogP contribution in [-0.2, 0) is 0 Å². The van der Waals surface area contributed by atoms with Crippen LogP contribution in [-0.4, -0.2) is 17.0 Å². The SMILES string of the molecule is CNc1nc(-c2cc(F)cc(F)c2)nc2cccc(C)c12. The second-order valence-corrected chi connectivity index (χ2v) is 4.77. The molecule has 1 aromatic heterocycles. The van der Waals surface area contributed by atoms with E-state index in [1.54, 1.807) is 7.05 Å². The summed E-state index contributed by atoms with van der Waals surface area (Å²) < 4.78 is 26.7. The Labute approximate surface area is 120 Å². The van der Waals surface area contributed by atoms with Gasteiger partial charge in [-0.1, -0.05) is 12.1 Å². The Hall–Kier alpha value is -2.56. The van der Waals surface area contributed by atoms with E-state index in [-0.39, 0.29) is 5.82 Å². The Bertz CT molecular complexity index is 811. The van der Waals surface area contributed by atoms with Gasteiger partial charge in [-0.15, -0.1) is 0 Å². The minimum Gasteiger partial charge on any atom is -0.373 e. The van der Waals surface area contributed by atoms with E-state index in [2.05, 4.69) is 15.3 Å². The summed E-state index contributed by atoms with van der Waals surface area (Å²) in [6.45, 7) is 1.97. The Kier molecular flexibility index (Phi) is 3.25. The highest BCUT2D eigenvalue weighted by atomic mass is 19.1. The molecular weight excluding hydrogens is 272 g/mol. The predicted octanol–water partition coefficient (Wildman–Crippen LogP) is 3.93. The summed E-state index contributed by atoms with van der Waals surface area (Å²) in [5.41, 5.74) is 2.08. The molecule has 3 rings (SSSR count). The maximum Gasteiger partial charge on any atom is 0.162 e. The topological polar surface area (TPSA) is 37.8 Å². The van der Waals surface area contributed by atoms with Gasteiger partial charge >= 0.3 is 0 Å². The normalized spacial score (nSPS) is 10.9. The van der Waals surface area contributed by atoms with Gasteiger partial charge in [-0.2, -0.15) is 0 Å². The fourth-order valence-electron chi connectivity index (χ4n) is 2.35. The van der Waals surface area contributed by atoms with Crippen molar-refractivity contribution >= 4 is 16.7 Å². The van der Waals surface area contributed by atoms with Gasteiger partial charge in [-0.05, 0) is 30.7 Å². The number of fused-ring (bicyclic) bond motifs is 1. The number of hydrogen-bond acceptors (Lipinski definition) is 3. The van der Waals surface area contributed by atoms with Gasteiger partial charge in [0.25, 0.3) is 0 Å². The van der Waals surface area contributed by atoms with Crippen molar-refractivity contribution in [2.75, 3.05) is 12.4 Å². The number of hydrogen-bond donors (Lipinski definition) is 1. The molecule has 0 saturated carbocycles. The molecule has 0 spiro atoms. The van der Waals surface area contributed by atoms with Crippen LogP contribution in [0.2, 0.25) is 0 Å². The monoisotopic (exact) mass is 285 g/mol. The summed E-state index contributed by atoms with van der Waals surface area (Å²) in [5, 5.41) is 3.91. The van der Waals surface area contributed by atoms with Gasteiger partial charge in [-0.3, -0.25) is 0 Å². The van der Waals surface area contributed by atoms with Crippen LogP contribution in [0.3, 0.4) is 0 Å². The summed E-state index contributed by atoms with van der Waals surface area (Å²) in [5.74, 6) is -0.374. The molecule has 1 heterocycles. The zero-order valence-corrected chi connectivity index (χ0v) is 11.6. The number of benzene rings is 2. The molecule has 0 amide bonds. The zero-order valence-electron chi connectivity index (χ0n) is 11.6. The third kappa shape index (κ3) is 2.42. The van der Waals surface area contributed by atoms with Crippen molar-refractivity contribution < 1.29 is 8.78 Å². The van der Waals surface area contributed by atoms with E-state index in [1.165, 1.54) is 12.1 Å². The Morgan fingerprint density at radius 2 is 1.71 bits per heavy atom. The summed E-state index contributed by atoms with van der Waals surface area (Å²) >= 11 is 0. The average Bonchev–Trinajstić information content (AvgIpc) is 2.45. The molecule has 2 aromatic carbocycles. The standard InChI is InChI=1S/C16H13F2N3/c1-9-4-3-5-13-14(9)16(19-2)21-15(20-13)10-6-11(17)8-12(18)7-10/h3-8H,1-2H3,(H,19,20,21). The van der Waals surface area contributed by atoms with E-state index >= 15 is 0 Å². The third-order valence-corrected chi connectivity index (χ3v) is 3.29. The maximum atomic E-state index is 13.4. The molecule has 3 nitrogen and oxygen atoms in total. The molecule has 0 atom stereocenters. The fourth-order valence-corrected chi connectivity index (χ4v) is 2.35. The highest BCUT2D eigenvalue weighted by molar-refractivity contribution is 5.93. The van der Waals surface area contributed by atoms with Gasteiger partial charge in [-0.25, -0.2) is 18.7 Å². The summed E-state index contributed by atoms with van der Waals surface area (Å²) in [6, 6.07) is 8.98. The highest BCUT2D eigenvalue weighted by Crippen LogP contribution is 2.27. The van der Waals surface area contributed by atoms with Crippen LogP contribution in [0.5, 0.6) is 0 Å². The Morgan fingerprint density at radius 3 is 2.38 bits per heavy atom. The fraction of sp³-hybridized carbons (Fsp3) is 0.125. The van der Waals surface area contributed by atoms with Crippen molar-refractivity contribution in [2.45, 2.75) is 6.92 Å². The molecule has 3 aromatic rings. The summed E-state index contributed by atoms with van der Waals surface area (Å²) in [7, 11) is 1.75. The molecule has 0 fully saturated rings. The molecule has 0 unspecified atom stereocenters. The second-order valence-electron chi connectivity index (χ2n) is 4.77. The molecule has 0 aliphatic carbocycles. The lowest BCUT2D eigenvalue weighted by Gasteiger charge is -2.10. The van der Waals surface area contributed by atoms with Crippen molar-refractivity contribution in [1.82, 2.24) is 9.97 Å². The number of nitrogens with one attached hydrogen (secondary N) is 1. The molecule has 0 radical (unpaired) electrons. The smallest absolute Gasteiger partial charge is 0.162 e. The zero-order chi connectivity index (χ0) is 15.0. The molecule has 0 aliphatic rings. The summed E-state index contributed by atoms with van der Waals surface area (Å²) in [6.07, 6.45) is 0. The minimum atomic E-state index is -0.649. The van der Waals surface area contributed by atoms with Crippen molar-refractivity contribution in [1.29, 1.82) is 0 Å². The van der Waals surface area contributed by atoms with Gasteiger partial charge in [0.1, 0.15) is 17.5 Å². The highest BCUT2D eigenvalue weighted by Gasteiger charge is 2.12. The van der Waals surface area contributed by atoms with E-state index in [1.807, 2.05) is 25.1 Å². The van der Waals surface area contributed by atoms with Crippen LogP contribution in [0.4, 0.5) is 14.6 Å². The molecule has 0 saturated heterocycles. The lowest BCUT2D eigenvalue weighted by molar-refractivity contribution is 0.584. The van der Waals surface area contributed by atoms with Gasteiger partial charge in [0.2, 0.25) is 0 Å². The van der Waals surface area contributed by atoms with E-state index in [0.29, 0.717) is 11.4 Å². The van der Waals surface area contributed by atoms with Crippen LogP contribution >= 0.6 is 0 Å². The number of aryl methyl sites for hydroxylation is 1. The Balaban J connectivity index is 2.29. The molecular formula is C16H13F2N3. The van der Waals surface area contributed by atoms with Gasteiger partial charge in [0.05, 0.1) is 5.52 Å². The number of nitrogens with zero attached hydrogens (tertiary/aromatic N) is 2. The molecule has 1 N–H and O–H groups in total. The molecule has 0 aliphatic heterocycles. The van der Waals surface area contributed by atoms with Crippen LogP contribution < -0.4 is 5.32 Å². The second kappa shape index (κ2) is 5.09. The number of rotatable bonds is 2. The molecule has 0 bridgehead atoms. The van der Waals surface area contributed by atoms with Crippen molar-refractivity contribution in [3.05, 3.63) is 53.6 Å². The molecule has 106 valence electrons. The maximum absolute atomic E-state index is 13.4. The first-order valence-electron chi connectivity index (χ1n) is 6.50. The van der Waals surface area contributed by atoms with Crippen molar-refractivity contribution in [3.63, 3.8) is 0 Å². The average molecular weight is 285 g/mol. The van der Waals surface area contributed by atoms with Crippen molar-refractivity contribution in [3.8, 4) is 11.4 Å². The third-order valence-electron chi connectivity index (χ3n) is 3.29. The van der Waals surface area contributed by atoms with E-state index in [0.717, 1.165) is 22.5 Å². The lowest BCUT2D eigenvalue weighted by atomic mass is 10.1. The Morgan fingerprint density at radius 1 is 1.00 bits per heavy atom. The van der Waals surface area contributed by atoms with Crippen LogP contribution in [0, 0.1) is 18.6 Å². The van der Waals surface area contributed by atoms with Crippen LogP contribution in [0.25, 0.3) is 22.3 Å². The first-order valence-corrected chi connectivity index (χ1v) is 6.50. The van der Waals surface area contributed by atoms with E-state index in [9.17, 15) is 8.78 Å². The minimum absolute atomic E-state index is 0.288. The van der Waals surface area contributed by atoms with E-state index < -0.39 is 11.6 Å². The predicted molar refractivity (Wildman–Crippen MR) is 79.2 cm³/mol. The first-order chi connectivity index (χ1) is 10.1. The van der Waals surface area contributed by atoms with Gasteiger partial charge in [0.15, 0.2) is 5.82 Å². The van der Waals surface area contributed by atoms with Crippen molar-refractivity contribution in [2.24, 2.45) is 0 Å². The van der Waals surface area contributed by atoms with Crippen LogP contribution in [0.15, 0.2) is 36.4 Å². The number of aromatic nitrogens is 2. The number of anilines is 1. The summed E-state index contributed by atoms with van der Waals surface area (Å²) in [4.78, 5) is 8.79. The largest absolute Gasteiger partial charge is 0.373 e. The molecule has 5 heteroatoms. The quantitative estimate of drug-likeness (QED) is 0.775. The van der Waals surface area contributed by atoms with Crippen LogP contribution in [0.1, 0.15) is 5.56 Å². The molecule has 21 heavy (non-hydrogen) atoms. The lowest BCUT2D eigenvalue weighted by Crippen LogP contribution is -2.00. The van der Waals surface area contributed by atoms with E-state index in [4.69, 9.17) is 0 Å². The van der Waals surface area contributed by atoms with Gasteiger partial charge < -0.3 is 5.32 Å². The van der Waals surface area contributed by atoms with Gasteiger partial charge in [0, 0.05) is 24.1 Å².